The van der Waals surface area contributed by atoms with Crippen LogP contribution in [0, 0.1) is 0 Å². The van der Waals surface area contributed by atoms with Gasteiger partial charge in [0.2, 0.25) is 15.9 Å². The molecule has 1 amide bonds. The van der Waals surface area contributed by atoms with Gasteiger partial charge in [-0.05, 0) is 62.2 Å². The first kappa shape index (κ1) is 24.0. The summed E-state index contributed by atoms with van der Waals surface area (Å²) in [5.41, 5.74) is 1.70. The molecule has 2 aromatic rings. The Balaban J connectivity index is 1.32. The van der Waals surface area contributed by atoms with Gasteiger partial charge in [-0.2, -0.15) is 4.31 Å². The number of hydrogen-bond donors (Lipinski definition) is 1. The van der Waals surface area contributed by atoms with E-state index >= 15 is 0 Å². The van der Waals surface area contributed by atoms with Crippen molar-refractivity contribution in [3.8, 4) is 0 Å². The molecule has 33 heavy (non-hydrogen) atoms. The van der Waals surface area contributed by atoms with E-state index in [2.05, 4.69) is 15.1 Å². The molecule has 0 saturated carbocycles. The zero-order valence-corrected chi connectivity index (χ0v) is 20.5. The van der Waals surface area contributed by atoms with Gasteiger partial charge < -0.3 is 10.2 Å². The number of benzene rings is 2. The Labute approximate surface area is 201 Å². The van der Waals surface area contributed by atoms with Crippen molar-refractivity contribution in [1.29, 1.82) is 0 Å². The van der Waals surface area contributed by atoms with Gasteiger partial charge in [-0.15, -0.1) is 0 Å². The van der Waals surface area contributed by atoms with Gasteiger partial charge in [-0.25, -0.2) is 8.42 Å². The summed E-state index contributed by atoms with van der Waals surface area (Å²) in [6, 6.07) is 14.0. The zero-order chi connectivity index (χ0) is 23.4. The Hall–Kier alpha value is -2.13. The van der Waals surface area contributed by atoms with Crippen LogP contribution in [0.2, 0.25) is 5.02 Å². The summed E-state index contributed by atoms with van der Waals surface area (Å²) in [5, 5.41) is 3.65. The topological polar surface area (TPSA) is 73.0 Å². The van der Waals surface area contributed by atoms with Crippen molar-refractivity contribution >= 4 is 38.9 Å². The standard InChI is InChI=1S/C24H31ClN4O3S/c1-19(27-14-16-28(17-15-27)22-7-5-6-20(25)18-22)24(30)26-21-8-10-23(11-9-21)33(31,32)29-12-3-2-4-13-29/h5-11,18-19H,2-4,12-17H2,1H3,(H,26,30)/t19-/m0/s1. The second kappa shape index (κ2) is 10.4. The Morgan fingerprint density at radius 3 is 2.24 bits per heavy atom. The van der Waals surface area contributed by atoms with E-state index in [1.807, 2.05) is 31.2 Å². The van der Waals surface area contributed by atoms with Crippen LogP contribution in [-0.4, -0.2) is 68.8 Å². The Morgan fingerprint density at radius 2 is 1.61 bits per heavy atom. The van der Waals surface area contributed by atoms with E-state index < -0.39 is 10.0 Å². The molecule has 0 radical (unpaired) electrons. The number of carbonyl (C=O) groups is 1. The van der Waals surface area contributed by atoms with Gasteiger partial charge in [0.1, 0.15) is 0 Å². The maximum absolute atomic E-state index is 12.8. The summed E-state index contributed by atoms with van der Waals surface area (Å²) < 4.78 is 27.2. The highest BCUT2D eigenvalue weighted by atomic mass is 35.5. The van der Waals surface area contributed by atoms with Crippen LogP contribution in [0.4, 0.5) is 11.4 Å². The highest BCUT2D eigenvalue weighted by Crippen LogP contribution is 2.23. The number of nitrogens with one attached hydrogen (secondary N) is 1. The molecule has 2 heterocycles. The van der Waals surface area contributed by atoms with E-state index in [-0.39, 0.29) is 16.8 Å². The molecule has 4 rings (SSSR count). The number of hydrogen-bond acceptors (Lipinski definition) is 5. The number of anilines is 2. The largest absolute Gasteiger partial charge is 0.369 e. The Kier molecular flexibility index (Phi) is 7.58. The van der Waals surface area contributed by atoms with Crippen LogP contribution in [-0.2, 0) is 14.8 Å². The van der Waals surface area contributed by atoms with Crippen LogP contribution in [0.5, 0.6) is 0 Å². The summed E-state index contributed by atoms with van der Waals surface area (Å²) in [6.07, 6.45) is 2.88. The molecular weight excluding hydrogens is 460 g/mol. The monoisotopic (exact) mass is 490 g/mol. The van der Waals surface area contributed by atoms with E-state index in [1.54, 1.807) is 28.6 Å². The smallest absolute Gasteiger partial charge is 0.243 e. The second-order valence-electron chi connectivity index (χ2n) is 8.66. The molecule has 1 N–H and O–H groups in total. The molecule has 0 unspecified atom stereocenters. The highest BCUT2D eigenvalue weighted by molar-refractivity contribution is 7.89. The predicted molar refractivity (Wildman–Crippen MR) is 132 cm³/mol. The summed E-state index contributed by atoms with van der Waals surface area (Å²) in [5.74, 6) is -0.0992. The normalized spacial score (nSPS) is 19.3. The van der Waals surface area contributed by atoms with Crippen LogP contribution in [0.15, 0.2) is 53.4 Å². The molecule has 2 saturated heterocycles. The van der Waals surface area contributed by atoms with E-state index in [1.165, 1.54) is 0 Å². The summed E-state index contributed by atoms with van der Waals surface area (Å²) >= 11 is 6.11. The predicted octanol–water partition coefficient (Wildman–Crippen LogP) is 3.66. The quantitative estimate of drug-likeness (QED) is 0.669. The van der Waals surface area contributed by atoms with Crippen molar-refractivity contribution in [1.82, 2.24) is 9.21 Å². The summed E-state index contributed by atoms with van der Waals surface area (Å²) in [7, 11) is -3.47. The maximum atomic E-state index is 12.8. The number of halogens is 1. The molecule has 0 aliphatic carbocycles. The number of amides is 1. The number of nitrogens with zero attached hydrogens (tertiary/aromatic N) is 3. The molecule has 178 valence electrons. The lowest BCUT2D eigenvalue weighted by molar-refractivity contribution is -0.120. The lowest BCUT2D eigenvalue weighted by Crippen LogP contribution is -2.52. The molecule has 0 spiro atoms. The molecule has 2 aliphatic rings. The molecule has 1 atom stereocenters. The molecule has 0 bridgehead atoms. The molecule has 0 aromatic heterocycles. The Bertz CT molecular complexity index is 1060. The van der Waals surface area contributed by atoms with E-state index in [0.717, 1.165) is 56.2 Å². The first-order chi connectivity index (χ1) is 15.8. The highest BCUT2D eigenvalue weighted by Gasteiger charge is 2.27. The van der Waals surface area contributed by atoms with Crippen molar-refractivity contribution in [2.75, 3.05) is 49.5 Å². The minimum atomic E-state index is -3.47. The van der Waals surface area contributed by atoms with Crippen LogP contribution in [0.25, 0.3) is 0 Å². The molecule has 2 aromatic carbocycles. The van der Waals surface area contributed by atoms with Gasteiger partial charge in [0.15, 0.2) is 0 Å². The average Bonchev–Trinajstić information content (AvgIpc) is 2.84. The number of carbonyl (C=O) groups excluding carboxylic acids is 1. The fourth-order valence-corrected chi connectivity index (χ4v) is 6.12. The number of rotatable bonds is 6. The Morgan fingerprint density at radius 1 is 0.939 bits per heavy atom. The number of piperazine rings is 1. The second-order valence-corrected chi connectivity index (χ2v) is 11.0. The lowest BCUT2D eigenvalue weighted by atomic mass is 10.2. The van der Waals surface area contributed by atoms with Crippen molar-refractivity contribution in [3.05, 3.63) is 53.6 Å². The third kappa shape index (κ3) is 5.69. The van der Waals surface area contributed by atoms with Crippen LogP contribution < -0.4 is 10.2 Å². The van der Waals surface area contributed by atoms with Gasteiger partial charge in [-0.1, -0.05) is 24.1 Å². The zero-order valence-electron chi connectivity index (χ0n) is 18.9. The number of sulfonamides is 1. The third-order valence-corrected chi connectivity index (χ3v) is 8.64. The minimum absolute atomic E-state index is 0.0992. The van der Waals surface area contributed by atoms with Crippen LogP contribution in [0.1, 0.15) is 26.2 Å². The van der Waals surface area contributed by atoms with Crippen molar-refractivity contribution in [2.24, 2.45) is 0 Å². The van der Waals surface area contributed by atoms with Gasteiger partial charge >= 0.3 is 0 Å². The SMILES string of the molecule is C[C@@H](C(=O)Nc1ccc(S(=O)(=O)N2CCCCC2)cc1)N1CCN(c2cccc(Cl)c2)CC1. The molecule has 2 aliphatic heterocycles. The van der Waals surface area contributed by atoms with Gasteiger partial charge in [0.05, 0.1) is 10.9 Å². The van der Waals surface area contributed by atoms with Crippen molar-refractivity contribution in [2.45, 2.75) is 37.1 Å². The van der Waals surface area contributed by atoms with Crippen molar-refractivity contribution in [3.63, 3.8) is 0 Å². The molecule has 2 fully saturated rings. The number of piperidine rings is 1. The first-order valence-corrected chi connectivity index (χ1v) is 13.3. The maximum Gasteiger partial charge on any atom is 0.243 e. The fourth-order valence-electron chi connectivity index (χ4n) is 4.42. The average molecular weight is 491 g/mol. The fraction of sp³-hybridized carbons (Fsp3) is 0.458. The lowest BCUT2D eigenvalue weighted by Gasteiger charge is -2.38. The van der Waals surface area contributed by atoms with E-state index in [4.69, 9.17) is 11.6 Å². The third-order valence-electron chi connectivity index (χ3n) is 6.49. The summed E-state index contributed by atoms with van der Waals surface area (Å²) in [6.45, 7) is 6.23. The van der Waals surface area contributed by atoms with E-state index in [9.17, 15) is 13.2 Å². The molecule has 9 heteroatoms. The summed E-state index contributed by atoms with van der Waals surface area (Å²) in [4.78, 5) is 17.5. The van der Waals surface area contributed by atoms with Gasteiger partial charge in [0, 0.05) is 55.7 Å². The molecule has 7 nitrogen and oxygen atoms in total. The first-order valence-electron chi connectivity index (χ1n) is 11.5. The van der Waals surface area contributed by atoms with Gasteiger partial charge in [-0.3, -0.25) is 9.69 Å². The van der Waals surface area contributed by atoms with Crippen molar-refractivity contribution < 1.29 is 13.2 Å². The van der Waals surface area contributed by atoms with Crippen LogP contribution >= 0.6 is 11.6 Å². The van der Waals surface area contributed by atoms with Gasteiger partial charge in [0.25, 0.3) is 0 Å². The van der Waals surface area contributed by atoms with E-state index in [0.29, 0.717) is 18.8 Å². The molecular formula is C24H31ClN4O3S. The minimum Gasteiger partial charge on any atom is -0.369 e. The van der Waals surface area contributed by atoms with Crippen LogP contribution in [0.3, 0.4) is 0 Å².